The number of rotatable bonds is 2. The van der Waals surface area contributed by atoms with Crippen LogP contribution in [0.1, 0.15) is 61.7 Å². The Kier molecular flexibility index (Phi) is 4.98. The lowest BCUT2D eigenvalue weighted by Crippen LogP contribution is -2.55. The summed E-state index contributed by atoms with van der Waals surface area (Å²) in [7, 11) is 1.60. The zero-order valence-corrected chi connectivity index (χ0v) is 16.0. The van der Waals surface area contributed by atoms with Crippen LogP contribution in [0.25, 0.3) is 0 Å². The van der Waals surface area contributed by atoms with Crippen molar-refractivity contribution in [2.75, 3.05) is 20.2 Å². The first-order valence-corrected chi connectivity index (χ1v) is 10.0. The van der Waals surface area contributed by atoms with E-state index in [0.29, 0.717) is 55.5 Å². The van der Waals surface area contributed by atoms with E-state index >= 15 is 0 Å². The summed E-state index contributed by atoms with van der Waals surface area (Å²) in [5.74, 6) is 1.40. The second-order valence-corrected chi connectivity index (χ2v) is 8.02. The summed E-state index contributed by atoms with van der Waals surface area (Å²) in [4.78, 5) is 27.1. The van der Waals surface area contributed by atoms with E-state index in [4.69, 9.17) is 9.47 Å². The highest BCUT2D eigenvalue weighted by Gasteiger charge is 2.44. The predicted molar refractivity (Wildman–Crippen MR) is 102 cm³/mol. The Morgan fingerprint density at radius 1 is 1.22 bits per heavy atom. The molecule has 6 nitrogen and oxygen atoms in total. The first-order chi connectivity index (χ1) is 13.1. The van der Waals surface area contributed by atoms with E-state index in [1.54, 1.807) is 25.3 Å². The van der Waals surface area contributed by atoms with E-state index in [2.05, 4.69) is 5.32 Å². The maximum absolute atomic E-state index is 12.6. The van der Waals surface area contributed by atoms with Gasteiger partial charge in [-0.2, -0.15) is 0 Å². The van der Waals surface area contributed by atoms with Crippen molar-refractivity contribution in [1.29, 1.82) is 0 Å². The number of piperidine rings is 1. The van der Waals surface area contributed by atoms with Gasteiger partial charge in [0, 0.05) is 38.0 Å². The summed E-state index contributed by atoms with van der Waals surface area (Å²) < 4.78 is 11.6. The number of benzene rings is 1. The van der Waals surface area contributed by atoms with Gasteiger partial charge >= 0.3 is 6.03 Å². The van der Waals surface area contributed by atoms with Crippen LogP contribution in [0, 0.1) is 0 Å². The number of methoxy groups -OCH3 is 1. The maximum atomic E-state index is 12.6. The fourth-order valence-corrected chi connectivity index (χ4v) is 4.51. The minimum Gasteiger partial charge on any atom is -0.497 e. The largest absolute Gasteiger partial charge is 0.497 e. The number of amides is 2. The molecular weight excluding hydrogens is 344 g/mol. The molecule has 1 saturated heterocycles. The summed E-state index contributed by atoms with van der Waals surface area (Å²) in [6.45, 7) is 1.23. The van der Waals surface area contributed by atoms with E-state index in [0.717, 1.165) is 12.8 Å². The lowest BCUT2D eigenvalue weighted by Gasteiger charge is -2.44. The lowest BCUT2D eigenvalue weighted by atomic mass is 9.82. The number of nitrogens with zero attached hydrogens (tertiary/aromatic N) is 1. The van der Waals surface area contributed by atoms with Gasteiger partial charge in [0.1, 0.15) is 17.1 Å². The summed E-state index contributed by atoms with van der Waals surface area (Å²) >= 11 is 0. The van der Waals surface area contributed by atoms with Crippen molar-refractivity contribution in [1.82, 2.24) is 10.2 Å². The van der Waals surface area contributed by atoms with Crippen molar-refractivity contribution in [3.63, 3.8) is 0 Å². The normalized spacial score (nSPS) is 22.1. The van der Waals surface area contributed by atoms with Gasteiger partial charge in [0.15, 0.2) is 5.78 Å². The molecule has 0 unspecified atom stereocenters. The van der Waals surface area contributed by atoms with Gasteiger partial charge in [0.05, 0.1) is 19.1 Å². The number of hydrogen-bond donors (Lipinski definition) is 1. The van der Waals surface area contributed by atoms with Gasteiger partial charge in [-0.05, 0) is 25.0 Å². The summed E-state index contributed by atoms with van der Waals surface area (Å²) in [6.07, 6.45) is 7.57. The van der Waals surface area contributed by atoms with Crippen LogP contribution in [0.4, 0.5) is 4.79 Å². The molecule has 6 heteroatoms. The first kappa shape index (κ1) is 18.1. The Labute approximate surface area is 160 Å². The molecule has 1 saturated carbocycles. The minimum atomic E-state index is -0.502. The number of urea groups is 1. The fraction of sp³-hybridized carbons (Fsp3) is 0.619. The number of fused-ring (bicyclic) bond motifs is 1. The molecule has 1 aliphatic carbocycles. The number of ether oxygens (including phenoxy) is 2. The second-order valence-electron chi connectivity index (χ2n) is 8.02. The van der Waals surface area contributed by atoms with Gasteiger partial charge in [-0.3, -0.25) is 4.79 Å². The molecule has 0 aromatic heterocycles. The van der Waals surface area contributed by atoms with Crippen LogP contribution >= 0.6 is 0 Å². The third kappa shape index (κ3) is 3.75. The predicted octanol–water partition coefficient (Wildman–Crippen LogP) is 3.54. The van der Waals surface area contributed by atoms with E-state index < -0.39 is 5.60 Å². The molecule has 1 spiro atoms. The van der Waals surface area contributed by atoms with Gasteiger partial charge in [-0.1, -0.05) is 19.3 Å². The molecule has 27 heavy (non-hydrogen) atoms. The van der Waals surface area contributed by atoms with Gasteiger partial charge < -0.3 is 19.7 Å². The summed E-state index contributed by atoms with van der Waals surface area (Å²) in [5, 5.41) is 3.18. The molecule has 1 aromatic carbocycles. The standard InChI is InChI=1S/C21H28N2O4/c1-26-16-7-8-17-18(24)14-21(27-19(17)13-16)9-11-23(12-10-21)20(25)22-15-5-3-2-4-6-15/h7-8,13,15H,2-6,9-12,14H2,1H3,(H,22,25). The molecule has 2 fully saturated rings. The van der Waals surface area contributed by atoms with Crippen molar-refractivity contribution >= 4 is 11.8 Å². The average molecular weight is 372 g/mol. The van der Waals surface area contributed by atoms with Crippen molar-refractivity contribution < 1.29 is 19.1 Å². The highest BCUT2D eigenvalue weighted by molar-refractivity contribution is 6.00. The average Bonchev–Trinajstić information content (AvgIpc) is 2.68. The number of carbonyl (C=O) groups excluding carboxylic acids is 2. The molecule has 2 amide bonds. The molecule has 3 aliphatic rings. The second kappa shape index (κ2) is 7.41. The Balaban J connectivity index is 1.39. The van der Waals surface area contributed by atoms with Crippen molar-refractivity contribution in [2.24, 2.45) is 0 Å². The van der Waals surface area contributed by atoms with E-state index in [1.165, 1.54) is 19.3 Å². The number of carbonyl (C=O) groups is 2. The van der Waals surface area contributed by atoms with E-state index in [1.807, 2.05) is 4.90 Å². The van der Waals surface area contributed by atoms with Crippen molar-refractivity contribution in [3.8, 4) is 11.5 Å². The Hall–Kier alpha value is -2.24. The minimum absolute atomic E-state index is 0.0287. The van der Waals surface area contributed by atoms with Crippen LogP contribution in [0.3, 0.4) is 0 Å². The van der Waals surface area contributed by atoms with Gasteiger partial charge in [-0.15, -0.1) is 0 Å². The van der Waals surface area contributed by atoms with Crippen LogP contribution in [0.15, 0.2) is 18.2 Å². The zero-order valence-electron chi connectivity index (χ0n) is 16.0. The smallest absolute Gasteiger partial charge is 0.317 e. The van der Waals surface area contributed by atoms with Crippen LogP contribution in [-0.4, -0.2) is 48.6 Å². The van der Waals surface area contributed by atoms with E-state index in [-0.39, 0.29) is 11.8 Å². The number of nitrogens with one attached hydrogen (secondary N) is 1. The molecule has 146 valence electrons. The SMILES string of the molecule is COc1ccc2c(c1)OC1(CCN(C(=O)NC3CCCCC3)CC1)CC2=O. The monoisotopic (exact) mass is 372 g/mol. The van der Waals surface area contributed by atoms with Gasteiger partial charge in [0.2, 0.25) is 0 Å². The number of ketones is 1. The molecule has 0 bridgehead atoms. The number of hydrogen-bond acceptors (Lipinski definition) is 4. The topological polar surface area (TPSA) is 67.9 Å². The third-order valence-electron chi connectivity index (χ3n) is 6.19. The number of likely N-dealkylation sites (tertiary alicyclic amines) is 1. The molecule has 1 N–H and O–H groups in total. The Bertz CT molecular complexity index is 719. The van der Waals surface area contributed by atoms with Gasteiger partial charge in [0.25, 0.3) is 0 Å². The first-order valence-electron chi connectivity index (χ1n) is 10.0. The number of Topliss-reactive ketones (excluding diaryl/α,β-unsaturated/α-hetero) is 1. The Morgan fingerprint density at radius 2 is 1.96 bits per heavy atom. The molecule has 2 aliphatic heterocycles. The van der Waals surface area contributed by atoms with Crippen LogP contribution in [0.2, 0.25) is 0 Å². The maximum Gasteiger partial charge on any atom is 0.317 e. The fourth-order valence-electron chi connectivity index (χ4n) is 4.51. The molecule has 1 aromatic rings. The van der Waals surface area contributed by atoms with Crippen LogP contribution in [0.5, 0.6) is 11.5 Å². The molecule has 0 atom stereocenters. The van der Waals surface area contributed by atoms with Crippen molar-refractivity contribution in [2.45, 2.75) is 63.0 Å². The summed E-state index contributed by atoms with van der Waals surface area (Å²) in [6, 6.07) is 5.69. The highest BCUT2D eigenvalue weighted by atomic mass is 16.5. The summed E-state index contributed by atoms with van der Waals surface area (Å²) in [5.41, 5.74) is 0.122. The van der Waals surface area contributed by atoms with Crippen LogP contribution < -0.4 is 14.8 Å². The Morgan fingerprint density at radius 3 is 2.67 bits per heavy atom. The molecule has 0 radical (unpaired) electrons. The van der Waals surface area contributed by atoms with Crippen molar-refractivity contribution in [3.05, 3.63) is 23.8 Å². The van der Waals surface area contributed by atoms with Gasteiger partial charge in [-0.25, -0.2) is 4.79 Å². The lowest BCUT2D eigenvalue weighted by molar-refractivity contribution is -0.00107. The van der Waals surface area contributed by atoms with Crippen LogP contribution in [-0.2, 0) is 0 Å². The quantitative estimate of drug-likeness (QED) is 0.862. The molecule has 4 rings (SSSR count). The molecule has 2 heterocycles. The molecular formula is C21H28N2O4. The third-order valence-corrected chi connectivity index (χ3v) is 6.19. The van der Waals surface area contributed by atoms with E-state index in [9.17, 15) is 9.59 Å². The zero-order chi connectivity index (χ0) is 18.9. The highest BCUT2D eigenvalue weighted by Crippen LogP contribution is 2.40.